The van der Waals surface area contributed by atoms with Gasteiger partial charge in [-0.1, -0.05) is 62.9 Å². The fourth-order valence-corrected chi connectivity index (χ4v) is 7.70. The van der Waals surface area contributed by atoms with Crippen LogP contribution in [0.3, 0.4) is 0 Å². The van der Waals surface area contributed by atoms with Crippen LogP contribution >= 0.6 is 0 Å². The number of nitrogens with one attached hydrogen (secondary N) is 1. The van der Waals surface area contributed by atoms with E-state index in [-0.39, 0.29) is 17.9 Å². The number of quaternary nitrogens is 1. The predicted octanol–water partition coefficient (Wildman–Crippen LogP) is 5.78. The summed E-state index contributed by atoms with van der Waals surface area (Å²) in [6.45, 7) is 13.2. The number of hydrogen-bond acceptors (Lipinski definition) is 4. The highest BCUT2D eigenvalue weighted by atomic mass is 16.5. The van der Waals surface area contributed by atoms with Crippen molar-refractivity contribution in [3.05, 3.63) is 90.5 Å². The van der Waals surface area contributed by atoms with Crippen molar-refractivity contribution in [1.29, 1.82) is 0 Å². The zero-order valence-corrected chi connectivity index (χ0v) is 24.6. The van der Waals surface area contributed by atoms with E-state index in [1.807, 2.05) is 66.7 Å². The number of amides is 1. The number of ether oxygens (including phenoxy) is 1. The molecule has 0 bridgehead atoms. The molecule has 216 valence electrons. The summed E-state index contributed by atoms with van der Waals surface area (Å²) in [7, 11) is 0. The Kier molecular flexibility index (Phi) is 8.09. The van der Waals surface area contributed by atoms with Crippen molar-refractivity contribution in [2.24, 2.45) is 5.92 Å². The topological polar surface area (TPSA) is 75.6 Å². The standard InChI is InChI=1S/C35H42N2O4/c1-5-18-37(23-25(2)3)19-17-34(30-11-8-12-32(21-30)41-26(4)38)22-31(15-16-35(34,40)24-37)36-33(39)29-14-13-27-9-6-7-10-28(27)20-29/h5-14,20-21,25,31,40H,1,15-19,22-24H2,2-4H3/p+1/t31-,34-,35?,37+/m1/s1. The molecule has 6 nitrogen and oxygen atoms in total. The van der Waals surface area contributed by atoms with E-state index in [9.17, 15) is 14.7 Å². The number of carbonyl (C=O) groups is 2. The first kappa shape index (κ1) is 29.0. The van der Waals surface area contributed by atoms with Gasteiger partial charge in [-0.25, -0.2) is 0 Å². The van der Waals surface area contributed by atoms with Gasteiger partial charge < -0.3 is 19.6 Å². The van der Waals surface area contributed by atoms with E-state index in [2.05, 4.69) is 25.7 Å². The summed E-state index contributed by atoms with van der Waals surface area (Å²) in [5.74, 6) is 0.494. The first-order valence-electron chi connectivity index (χ1n) is 14.8. The van der Waals surface area contributed by atoms with E-state index >= 15 is 0 Å². The maximum absolute atomic E-state index is 13.5. The highest BCUT2D eigenvalue weighted by Crippen LogP contribution is 2.53. The van der Waals surface area contributed by atoms with Crippen LogP contribution in [0.1, 0.15) is 62.4 Å². The summed E-state index contributed by atoms with van der Waals surface area (Å²) >= 11 is 0. The molecule has 2 aliphatic rings. The fourth-order valence-electron chi connectivity index (χ4n) is 7.70. The summed E-state index contributed by atoms with van der Waals surface area (Å²) in [4.78, 5) is 25.2. The van der Waals surface area contributed by atoms with Crippen LogP contribution in [-0.4, -0.2) is 59.3 Å². The zero-order valence-electron chi connectivity index (χ0n) is 24.6. The summed E-state index contributed by atoms with van der Waals surface area (Å²) < 4.78 is 6.27. The average molecular weight is 556 g/mol. The molecule has 0 spiro atoms. The number of benzene rings is 3. The Labute approximate surface area is 243 Å². The summed E-state index contributed by atoms with van der Waals surface area (Å²) in [5.41, 5.74) is 0.0206. The monoisotopic (exact) mass is 555 g/mol. The number of piperidine rings is 1. The first-order chi connectivity index (χ1) is 19.6. The zero-order chi connectivity index (χ0) is 29.3. The Morgan fingerprint density at radius 3 is 2.61 bits per heavy atom. The molecule has 1 aliphatic carbocycles. The van der Waals surface area contributed by atoms with E-state index in [1.54, 1.807) is 6.07 Å². The van der Waals surface area contributed by atoms with Crippen LogP contribution in [0, 0.1) is 5.92 Å². The molecule has 2 fully saturated rings. The second kappa shape index (κ2) is 11.4. The lowest BCUT2D eigenvalue weighted by Crippen LogP contribution is -2.72. The SMILES string of the molecule is C=CC[N@@+]1(CC(C)C)CC[C@]2(c3cccc(OC(C)=O)c3)C[C@H](NC(=O)c3ccc4ccccc4c3)CCC2(O)C1. The molecule has 2 N–H and O–H groups in total. The molecule has 0 aromatic heterocycles. The number of nitrogens with zero attached hydrogens (tertiary/aromatic N) is 1. The molecular weight excluding hydrogens is 512 g/mol. The second-order valence-corrected chi connectivity index (χ2v) is 12.7. The van der Waals surface area contributed by atoms with E-state index in [1.165, 1.54) is 6.92 Å². The molecule has 1 saturated carbocycles. The molecule has 4 atom stereocenters. The van der Waals surface area contributed by atoms with Gasteiger partial charge in [-0.05, 0) is 65.9 Å². The summed E-state index contributed by atoms with van der Waals surface area (Å²) in [6.07, 6.45) is 4.62. The van der Waals surface area contributed by atoms with Crippen molar-refractivity contribution in [1.82, 2.24) is 5.32 Å². The number of esters is 1. The Balaban J connectivity index is 1.48. The lowest BCUT2D eigenvalue weighted by atomic mass is 9.54. The molecule has 0 radical (unpaired) electrons. The third-order valence-electron chi connectivity index (χ3n) is 9.27. The molecule has 3 aromatic rings. The third kappa shape index (κ3) is 5.81. The van der Waals surface area contributed by atoms with E-state index in [0.717, 1.165) is 46.9 Å². The van der Waals surface area contributed by atoms with Gasteiger partial charge in [-0.3, -0.25) is 9.59 Å². The van der Waals surface area contributed by atoms with Crippen molar-refractivity contribution in [2.75, 3.05) is 26.2 Å². The Bertz CT molecular complexity index is 1450. The van der Waals surface area contributed by atoms with E-state index < -0.39 is 11.0 Å². The normalized spacial score (nSPS) is 27.7. The fraction of sp³-hybridized carbons (Fsp3) is 0.429. The highest BCUT2D eigenvalue weighted by Gasteiger charge is 2.62. The van der Waals surface area contributed by atoms with Gasteiger partial charge in [0.1, 0.15) is 17.9 Å². The van der Waals surface area contributed by atoms with Crippen LogP contribution in [0.4, 0.5) is 0 Å². The first-order valence-corrected chi connectivity index (χ1v) is 14.8. The third-order valence-corrected chi connectivity index (χ3v) is 9.27. The van der Waals surface area contributed by atoms with Gasteiger partial charge in [0.15, 0.2) is 0 Å². The van der Waals surface area contributed by atoms with Crippen LogP contribution in [-0.2, 0) is 10.2 Å². The van der Waals surface area contributed by atoms with Gasteiger partial charge in [-0.15, -0.1) is 0 Å². The number of rotatable bonds is 8. The Hall–Kier alpha value is -3.48. The predicted molar refractivity (Wildman–Crippen MR) is 163 cm³/mol. The van der Waals surface area contributed by atoms with Gasteiger partial charge in [0.2, 0.25) is 0 Å². The van der Waals surface area contributed by atoms with Crippen molar-refractivity contribution < 1.29 is 23.9 Å². The summed E-state index contributed by atoms with van der Waals surface area (Å²) in [5, 5.41) is 18.1. The van der Waals surface area contributed by atoms with E-state index in [4.69, 9.17) is 4.74 Å². The van der Waals surface area contributed by atoms with Crippen LogP contribution in [0.2, 0.25) is 0 Å². The Morgan fingerprint density at radius 1 is 1.10 bits per heavy atom. The molecule has 1 saturated heterocycles. The number of aliphatic hydroxyl groups is 1. The highest BCUT2D eigenvalue weighted by molar-refractivity contribution is 5.98. The molecular formula is C35H43N2O4+. The largest absolute Gasteiger partial charge is 0.427 e. The molecule has 41 heavy (non-hydrogen) atoms. The van der Waals surface area contributed by atoms with Crippen molar-refractivity contribution in [3.8, 4) is 5.75 Å². The molecule has 1 amide bonds. The van der Waals surface area contributed by atoms with Crippen LogP contribution < -0.4 is 10.1 Å². The maximum Gasteiger partial charge on any atom is 0.308 e. The van der Waals surface area contributed by atoms with Gasteiger partial charge in [0, 0.05) is 36.3 Å². The molecule has 1 heterocycles. The lowest BCUT2D eigenvalue weighted by Gasteiger charge is -2.60. The number of fused-ring (bicyclic) bond motifs is 2. The average Bonchev–Trinajstić information content (AvgIpc) is 2.92. The number of hydrogen-bond donors (Lipinski definition) is 2. The van der Waals surface area contributed by atoms with E-state index in [0.29, 0.717) is 43.0 Å². The Morgan fingerprint density at radius 2 is 1.88 bits per heavy atom. The minimum absolute atomic E-state index is 0.0950. The van der Waals surface area contributed by atoms with Gasteiger partial charge in [0.25, 0.3) is 5.91 Å². The molecule has 5 rings (SSSR count). The molecule has 3 aromatic carbocycles. The van der Waals surface area contributed by atoms with Crippen molar-refractivity contribution in [2.45, 2.75) is 63.5 Å². The van der Waals surface area contributed by atoms with Gasteiger partial charge >= 0.3 is 5.97 Å². The quantitative estimate of drug-likeness (QED) is 0.160. The van der Waals surface area contributed by atoms with Crippen LogP contribution in [0.5, 0.6) is 5.75 Å². The molecule has 1 unspecified atom stereocenters. The van der Waals surface area contributed by atoms with Crippen LogP contribution in [0.25, 0.3) is 10.8 Å². The maximum atomic E-state index is 13.5. The lowest BCUT2D eigenvalue weighted by molar-refractivity contribution is -0.938. The minimum atomic E-state index is -0.984. The van der Waals surface area contributed by atoms with Crippen LogP contribution in [0.15, 0.2) is 79.4 Å². The summed E-state index contributed by atoms with van der Waals surface area (Å²) in [6, 6.07) is 21.4. The minimum Gasteiger partial charge on any atom is -0.427 e. The second-order valence-electron chi connectivity index (χ2n) is 12.7. The van der Waals surface area contributed by atoms with Gasteiger partial charge in [-0.2, -0.15) is 0 Å². The smallest absolute Gasteiger partial charge is 0.308 e. The van der Waals surface area contributed by atoms with Crippen molar-refractivity contribution >= 4 is 22.6 Å². The molecule has 1 aliphatic heterocycles. The number of carbonyl (C=O) groups excluding carboxylic acids is 2. The van der Waals surface area contributed by atoms with Gasteiger partial charge in [0.05, 0.1) is 19.6 Å². The molecule has 6 heteroatoms. The van der Waals surface area contributed by atoms with Crippen molar-refractivity contribution in [3.63, 3.8) is 0 Å². The number of likely N-dealkylation sites (tertiary alicyclic amines) is 1.